The Morgan fingerprint density at radius 2 is 2.00 bits per heavy atom. The summed E-state index contributed by atoms with van der Waals surface area (Å²) < 4.78 is 1.90. The molecule has 0 unspecified atom stereocenters. The number of aromatic nitrogens is 2. The third-order valence-electron chi connectivity index (χ3n) is 5.00. The van der Waals surface area contributed by atoms with Gasteiger partial charge in [-0.3, -0.25) is 24.9 Å². The van der Waals surface area contributed by atoms with Gasteiger partial charge in [0.05, 0.1) is 34.7 Å². The Morgan fingerprint density at radius 1 is 1.30 bits per heavy atom. The lowest BCUT2D eigenvalue weighted by atomic mass is 10.0. The lowest BCUT2D eigenvalue weighted by Gasteiger charge is -2.12. The number of hydrogen-bond donors (Lipinski definition) is 2. The second kappa shape index (κ2) is 7.70. The molecule has 0 aliphatic heterocycles. The van der Waals surface area contributed by atoms with E-state index in [9.17, 15) is 25.3 Å². The van der Waals surface area contributed by atoms with Crippen molar-refractivity contribution in [1.82, 2.24) is 9.78 Å². The van der Waals surface area contributed by atoms with Crippen molar-refractivity contribution < 1.29 is 15.0 Å². The molecule has 0 amide bonds. The molecule has 0 atom stereocenters. The number of benzene rings is 1. The Kier molecular flexibility index (Phi) is 5.36. The maximum atomic E-state index is 11.5. The topological polar surface area (TPSA) is 136 Å². The zero-order valence-corrected chi connectivity index (χ0v) is 14.9. The number of rotatable bonds is 7. The van der Waals surface area contributed by atoms with Crippen LogP contribution in [0.3, 0.4) is 0 Å². The van der Waals surface area contributed by atoms with Crippen LogP contribution in [-0.2, 0) is 13.2 Å². The molecule has 1 saturated carbocycles. The van der Waals surface area contributed by atoms with Crippen LogP contribution < -0.4 is 5.32 Å². The molecule has 10 nitrogen and oxygen atoms in total. The first kappa shape index (κ1) is 18.8. The zero-order chi connectivity index (χ0) is 19.6. The van der Waals surface area contributed by atoms with Crippen molar-refractivity contribution in [3.05, 3.63) is 55.4 Å². The van der Waals surface area contributed by atoms with Crippen LogP contribution in [0.15, 0.2) is 18.3 Å². The highest BCUT2D eigenvalue weighted by molar-refractivity contribution is 5.77. The van der Waals surface area contributed by atoms with E-state index in [0.29, 0.717) is 11.7 Å². The molecule has 1 aromatic carbocycles. The number of aliphatic hydroxyl groups is 1. The summed E-state index contributed by atoms with van der Waals surface area (Å²) in [6.07, 6.45) is 6.37. The smallest absolute Gasteiger partial charge is 0.302 e. The van der Waals surface area contributed by atoms with E-state index in [2.05, 4.69) is 10.4 Å². The number of nitrogens with zero attached hydrogens (tertiary/aromatic N) is 4. The lowest BCUT2D eigenvalue weighted by Crippen LogP contribution is -2.10. The molecule has 1 aliphatic carbocycles. The van der Waals surface area contributed by atoms with E-state index in [1.165, 1.54) is 25.8 Å². The van der Waals surface area contributed by atoms with Gasteiger partial charge in [-0.05, 0) is 31.4 Å². The van der Waals surface area contributed by atoms with E-state index in [4.69, 9.17) is 0 Å². The largest absolute Gasteiger partial charge is 0.392 e. The van der Waals surface area contributed by atoms with E-state index in [1.807, 2.05) is 10.9 Å². The summed E-state index contributed by atoms with van der Waals surface area (Å²) in [5.41, 5.74) is -0.00361. The van der Waals surface area contributed by atoms with Crippen LogP contribution in [-0.4, -0.2) is 24.7 Å². The molecule has 3 rings (SSSR count). The molecule has 10 heteroatoms. The van der Waals surface area contributed by atoms with Crippen molar-refractivity contribution in [1.29, 1.82) is 0 Å². The first-order valence-electron chi connectivity index (χ1n) is 8.76. The zero-order valence-electron chi connectivity index (χ0n) is 14.9. The minimum Gasteiger partial charge on any atom is -0.392 e. The number of hydrogen-bond acceptors (Lipinski definition) is 7. The number of anilines is 1. The Morgan fingerprint density at radius 3 is 2.59 bits per heavy atom. The van der Waals surface area contributed by atoms with Crippen LogP contribution in [0.1, 0.15) is 48.5 Å². The highest BCUT2D eigenvalue weighted by Crippen LogP contribution is 2.39. The second-order valence-corrected chi connectivity index (χ2v) is 6.65. The van der Waals surface area contributed by atoms with E-state index >= 15 is 0 Å². The molecule has 0 radical (unpaired) electrons. The fraction of sp³-hybridized carbons (Fsp3) is 0.471. The van der Waals surface area contributed by atoms with Gasteiger partial charge >= 0.3 is 5.69 Å². The monoisotopic (exact) mass is 375 g/mol. The number of aliphatic hydroxyl groups excluding tert-OH is 1. The maximum Gasteiger partial charge on any atom is 0.302 e. The molecule has 0 saturated heterocycles. The van der Waals surface area contributed by atoms with Gasteiger partial charge in [0.25, 0.3) is 5.69 Å². The Balaban J connectivity index is 1.90. The van der Waals surface area contributed by atoms with Crippen LogP contribution in [0.25, 0.3) is 0 Å². The standard InChI is InChI=1S/C17H21N5O5/c1-11-12(10-23)8-15(21(24)25)16(17(11)22(26)27)18-9-13-6-7-20(19-13)14-4-2-3-5-14/h6-8,14,18,23H,2-5,9-10H2,1H3. The summed E-state index contributed by atoms with van der Waals surface area (Å²) in [5.74, 6) is 0. The van der Waals surface area contributed by atoms with Gasteiger partial charge in [-0.1, -0.05) is 12.8 Å². The van der Waals surface area contributed by atoms with Gasteiger partial charge in [0.2, 0.25) is 0 Å². The highest BCUT2D eigenvalue weighted by Gasteiger charge is 2.30. The fourth-order valence-electron chi connectivity index (χ4n) is 3.54. The average Bonchev–Trinajstić information content (AvgIpc) is 3.30. The van der Waals surface area contributed by atoms with Crippen molar-refractivity contribution in [3.8, 4) is 0 Å². The first-order chi connectivity index (χ1) is 12.9. The molecular formula is C17H21N5O5. The van der Waals surface area contributed by atoms with Crippen molar-refractivity contribution in [2.24, 2.45) is 0 Å². The second-order valence-electron chi connectivity index (χ2n) is 6.65. The summed E-state index contributed by atoms with van der Waals surface area (Å²) in [6, 6.07) is 3.34. The van der Waals surface area contributed by atoms with Crippen molar-refractivity contribution in [2.45, 2.75) is 51.8 Å². The van der Waals surface area contributed by atoms with Gasteiger partial charge in [-0.2, -0.15) is 5.10 Å². The van der Waals surface area contributed by atoms with Gasteiger partial charge in [-0.15, -0.1) is 0 Å². The molecule has 2 N–H and O–H groups in total. The Hall–Kier alpha value is -3.01. The van der Waals surface area contributed by atoms with Crippen molar-refractivity contribution in [2.75, 3.05) is 5.32 Å². The lowest BCUT2D eigenvalue weighted by molar-refractivity contribution is -0.392. The minimum absolute atomic E-state index is 0.124. The van der Waals surface area contributed by atoms with Gasteiger partial charge in [0, 0.05) is 17.8 Å². The summed E-state index contributed by atoms with van der Waals surface area (Å²) in [7, 11) is 0. The molecule has 27 heavy (non-hydrogen) atoms. The number of nitro groups is 2. The van der Waals surface area contributed by atoms with Gasteiger partial charge in [0.15, 0.2) is 5.69 Å². The summed E-state index contributed by atoms with van der Waals surface area (Å²) >= 11 is 0. The quantitative estimate of drug-likeness (QED) is 0.560. The van der Waals surface area contributed by atoms with Crippen molar-refractivity contribution >= 4 is 17.1 Å². The van der Waals surface area contributed by atoms with Crippen LogP contribution in [0, 0.1) is 27.2 Å². The third-order valence-corrected chi connectivity index (χ3v) is 5.00. The molecule has 1 aliphatic rings. The normalized spacial score (nSPS) is 14.4. The van der Waals surface area contributed by atoms with Gasteiger partial charge < -0.3 is 10.4 Å². The predicted molar refractivity (Wildman–Crippen MR) is 97.5 cm³/mol. The molecular weight excluding hydrogens is 354 g/mol. The van der Waals surface area contributed by atoms with Gasteiger partial charge in [-0.25, -0.2) is 0 Å². The van der Waals surface area contributed by atoms with Crippen molar-refractivity contribution in [3.63, 3.8) is 0 Å². The molecule has 0 spiro atoms. The highest BCUT2D eigenvalue weighted by atomic mass is 16.6. The molecule has 1 fully saturated rings. The Labute approximate surface area is 155 Å². The van der Waals surface area contributed by atoms with Crippen LogP contribution in [0.4, 0.5) is 17.1 Å². The van der Waals surface area contributed by atoms with Crippen LogP contribution in [0.2, 0.25) is 0 Å². The third kappa shape index (κ3) is 3.75. The number of nitrogens with one attached hydrogen (secondary N) is 1. The summed E-state index contributed by atoms with van der Waals surface area (Å²) in [5, 5.41) is 39.6. The molecule has 144 valence electrons. The van der Waals surface area contributed by atoms with Crippen LogP contribution in [0.5, 0.6) is 0 Å². The minimum atomic E-state index is -0.689. The Bertz CT molecular complexity index is 873. The maximum absolute atomic E-state index is 11.5. The van der Waals surface area contributed by atoms with Gasteiger partial charge in [0.1, 0.15) is 0 Å². The molecule has 2 aromatic rings. The molecule has 1 heterocycles. The average molecular weight is 375 g/mol. The number of nitro benzene ring substituents is 2. The molecule has 1 aromatic heterocycles. The molecule has 0 bridgehead atoms. The van der Waals surface area contributed by atoms with E-state index in [1.54, 1.807) is 6.07 Å². The van der Waals surface area contributed by atoms with E-state index < -0.39 is 27.8 Å². The predicted octanol–water partition coefficient (Wildman–Crippen LogP) is 3.23. The first-order valence-corrected chi connectivity index (χ1v) is 8.76. The van der Waals surface area contributed by atoms with E-state index in [-0.39, 0.29) is 23.4 Å². The summed E-state index contributed by atoms with van der Waals surface area (Å²) in [6.45, 7) is 1.08. The summed E-state index contributed by atoms with van der Waals surface area (Å²) in [4.78, 5) is 21.6. The SMILES string of the molecule is Cc1c(CO)cc([N+](=O)[O-])c(NCc2ccn(C3CCCC3)n2)c1[N+](=O)[O-]. The van der Waals surface area contributed by atoms with E-state index in [0.717, 1.165) is 12.8 Å². The van der Waals surface area contributed by atoms with Crippen LogP contribution >= 0.6 is 0 Å². The fourth-order valence-corrected chi connectivity index (χ4v) is 3.54.